The standard InChI is InChI=1S/C8H15NO2.ClH/c10-5-8-3-1-2-7(9-8)4-11-6-8;/h7,9-10H,1-6H2;1H. The highest BCUT2D eigenvalue weighted by Crippen LogP contribution is 2.26. The van der Waals surface area contributed by atoms with E-state index in [-0.39, 0.29) is 24.6 Å². The Bertz CT molecular complexity index is 144. The van der Waals surface area contributed by atoms with Gasteiger partial charge in [0.05, 0.1) is 25.4 Å². The van der Waals surface area contributed by atoms with Crippen LogP contribution in [0.4, 0.5) is 0 Å². The van der Waals surface area contributed by atoms with E-state index in [2.05, 4.69) is 5.32 Å². The van der Waals surface area contributed by atoms with E-state index in [4.69, 9.17) is 9.84 Å². The summed E-state index contributed by atoms with van der Waals surface area (Å²) in [7, 11) is 0. The topological polar surface area (TPSA) is 41.5 Å². The van der Waals surface area contributed by atoms with Crippen LogP contribution in [-0.2, 0) is 4.74 Å². The van der Waals surface area contributed by atoms with Crippen LogP contribution in [0.3, 0.4) is 0 Å². The Morgan fingerprint density at radius 1 is 1.58 bits per heavy atom. The summed E-state index contributed by atoms with van der Waals surface area (Å²) in [5.74, 6) is 0. The highest BCUT2D eigenvalue weighted by molar-refractivity contribution is 5.85. The number of nitrogens with one attached hydrogen (secondary N) is 1. The van der Waals surface area contributed by atoms with Crippen LogP contribution in [0, 0.1) is 0 Å². The lowest BCUT2D eigenvalue weighted by atomic mass is 9.86. The van der Waals surface area contributed by atoms with Crippen molar-refractivity contribution in [2.75, 3.05) is 19.8 Å². The van der Waals surface area contributed by atoms with Gasteiger partial charge in [0, 0.05) is 6.04 Å². The lowest BCUT2D eigenvalue weighted by Crippen LogP contribution is -2.63. The van der Waals surface area contributed by atoms with E-state index in [9.17, 15) is 0 Å². The zero-order chi connectivity index (χ0) is 7.73. The van der Waals surface area contributed by atoms with Crippen molar-refractivity contribution >= 4 is 12.4 Å². The fraction of sp³-hybridized carbons (Fsp3) is 1.00. The van der Waals surface area contributed by atoms with Gasteiger partial charge in [-0.25, -0.2) is 0 Å². The predicted molar refractivity (Wildman–Crippen MR) is 48.7 cm³/mol. The zero-order valence-corrected chi connectivity index (χ0v) is 7.90. The van der Waals surface area contributed by atoms with Gasteiger partial charge in [-0.3, -0.25) is 0 Å². The fourth-order valence-electron chi connectivity index (χ4n) is 2.07. The van der Waals surface area contributed by atoms with Gasteiger partial charge < -0.3 is 15.2 Å². The molecular weight excluding hydrogens is 178 g/mol. The van der Waals surface area contributed by atoms with Crippen molar-refractivity contribution in [3.63, 3.8) is 0 Å². The first-order valence-corrected chi connectivity index (χ1v) is 4.31. The van der Waals surface area contributed by atoms with E-state index in [0.29, 0.717) is 12.6 Å². The van der Waals surface area contributed by atoms with Crippen molar-refractivity contribution in [2.45, 2.75) is 30.8 Å². The maximum atomic E-state index is 9.15. The number of fused-ring (bicyclic) bond motifs is 2. The summed E-state index contributed by atoms with van der Waals surface area (Å²) in [6.07, 6.45) is 3.48. The molecule has 12 heavy (non-hydrogen) atoms. The van der Waals surface area contributed by atoms with Gasteiger partial charge in [-0.05, 0) is 19.3 Å². The van der Waals surface area contributed by atoms with E-state index in [1.54, 1.807) is 0 Å². The molecule has 0 saturated carbocycles. The van der Waals surface area contributed by atoms with Gasteiger partial charge in [0.1, 0.15) is 0 Å². The highest BCUT2D eigenvalue weighted by Gasteiger charge is 2.38. The third-order valence-corrected chi connectivity index (χ3v) is 2.72. The summed E-state index contributed by atoms with van der Waals surface area (Å²) in [4.78, 5) is 0. The second-order valence-electron chi connectivity index (χ2n) is 3.69. The second-order valence-corrected chi connectivity index (χ2v) is 3.69. The number of ether oxygens (including phenoxy) is 1. The molecule has 3 nitrogen and oxygen atoms in total. The van der Waals surface area contributed by atoms with Crippen molar-refractivity contribution in [3.05, 3.63) is 0 Å². The molecule has 0 aromatic rings. The van der Waals surface area contributed by atoms with Crippen molar-refractivity contribution < 1.29 is 9.84 Å². The van der Waals surface area contributed by atoms with Crippen LogP contribution in [0.25, 0.3) is 0 Å². The van der Waals surface area contributed by atoms with Gasteiger partial charge in [0.15, 0.2) is 0 Å². The summed E-state index contributed by atoms with van der Waals surface area (Å²) in [6.45, 7) is 1.71. The first kappa shape index (κ1) is 10.3. The van der Waals surface area contributed by atoms with Crippen molar-refractivity contribution in [3.8, 4) is 0 Å². The monoisotopic (exact) mass is 193 g/mol. The van der Waals surface area contributed by atoms with Crippen molar-refractivity contribution in [1.82, 2.24) is 5.32 Å². The lowest BCUT2D eigenvalue weighted by Gasteiger charge is -2.45. The number of hydrogen-bond acceptors (Lipinski definition) is 3. The third-order valence-electron chi connectivity index (χ3n) is 2.72. The number of aliphatic hydroxyl groups is 1. The summed E-state index contributed by atoms with van der Waals surface area (Å²) in [6, 6.07) is 0.490. The average molecular weight is 194 g/mol. The molecule has 72 valence electrons. The Balaban J connectivity index is 0.000000720. The van der Waals surface area contributed by atoms with Crippen LogP contribution in [0.15, 0.2) is 0 Å². The maximum absolute atomic E-state index is 9.15. The molecule has 2 bridgehead atoms. The van der Waals surface area contributed by atoms with Gasteiger partial charge >= 0.3 is 0 Å². The van der Waals surface area contributed by atoms with E-state index in [0.717, 1.165) is 13.0 Å². The number of piperidine rings is 1. The molecule has 2 fully saturated rings. The van der Waals surface area contributed by atoms with Crippen LogP contribution >= 0.6 is 12.4 Å². The normalized spacial score (nSPS) is 40.2. The quantitative estimate of drug-likeness (QED) is 0.630. The minimum atomic E-state index is -0.0961. The molecule has 0 aromatic heterocycles. The Kier molecular flexibility index (Phi) is 3.35. The summed E-state index contributed by atoms with van der Waals surface area (Å²) in [5, 5.41) is 12.6. The van der Waals surface area contributed by atoms with Gasteiger partial charge in [-0.1, -0.05) is 0 Å². The van der Waals surface area contributed by atoms with Crippen molar-refractivity contribution in [1.29, 1.82) is 0 Å². The minimum absolute atomic E-state index is 0. The van der Waals surface area contributed by atoms with Crippen LogP contribution in [0.1, 0.15) is 19.3 Å². The number of aliphatic hydroxyl groups excluding tert-OH is 1. The molecule has 0 aliphatic carbocycles. The lowest BCUT2D eigenvalue weighted by molar-refractivity contribution is -0.0486. The molecule has 4 heteroatoms. The summed E-state index contributed by atoms with van der Waals surface area (Å²) in [5.41, 5.74) is -0.0961. The van der Waals surface area contributed by atoms with Gasteiger partial charge in [-0.2, -0.15) is 0 Å². The fourth-order valence-corrected chi connectivity index (χ4v) is 2.07. The first-order chi connectivity index (χ1) is 5.35. The van der Waals surface area contributed by atoms with Gasteiger partial charge in [0.25, 0.3) is 0 Å². The largest absolute Gasteiger partial charge is 0.394 e. The molecule has 2 rings (SSSR count). The molecule has 0 spiro atoms. The van der Waals surface area contributed by atoms with Gasteiger partial charge in [0.2, 0.25) is 0 Å². The number of halogens is 1. The Labute approximate surface area is 78.9 Å². The van der Waals surface area contributed by atoms with E-state index in [1.807, 2.05) is 0 Å². The molecule has 2 unspecified atom stereocenters. The number of hydrogen-bond donors (Lipinski definition) is 2. The van der Waals surface area contributed by atoms with Crippen LogP contribution in [0.2, 0.25) is 0 Å². The van der Waals surface area contributed by atoms with Gasteiger partial charge in [-0.15, -0.1) is 12.4 Å². The molecule has 0 amide bonds. The molecule has 0 aromatic carbocycles. The molecule has 2 N–H and O–H groups in total. The first-order valence-electron chi connectivity index (χ1n) is 4.31. The van der Waals surface area contributed by atoms with Crippen LogP contribution < -0.4 is 5.32 Å². The molecule has 2 aliphatic rings. The predicted octanol–water partition coefficient (Wildman–Crippen LogP) is 0.312. The molecule has 0 radical (unpaired) electrons. The second kappa shape index (κ2) is 3.92. The number of morpholine rings is 1. The molecule has 2 heterocycles. The SMILES string of the molecule is Cl.OCC12CCCC(COC1)N2. The Morgan fingerprint density at radius 2 is 2.42 bits per heavy atom. The van der Waals surface area contributed by atoms with Crippen LogP contribution in [0.5, 0.6) is 0 Å². The van der Waals surface area contributed by atoms with Crippen molar-refractivity contribution in [2.24, 2.45) is 0 Å². The van der Waals surface area contributed by atoms with E-state index in [1.165, 1.54) is 12.8 Å². The third kappa shape index (κ3) is 1.74. The van der Waals surface area contributed by atoms with Crippen LogP contribution in [-0.4, -0.2) is 36.5 Å². The number of rotatable bonds is 1. The average Bonchev–Trinajstić information content (AvgIpc) is 2.05. The molecule has 2 saturated heterocycles. The zero-order valence-electron chi connectivity index (χ0n) is 7.08. The summed E-state index contributed by atoms with van der Waals surface area (Å²) >= 11 is 0. The summed E-state index contributed by atoms with van der Waals surface area (Å²) < 4.78 is 5.41. The smallest absolute Gasteiger partial charge is 0.0671 e. The Hall–Kier alpha value is 0.170. The molecule has 2 aliphatic heterocycles. The Morgan fingerprint density at radius 3 is 3.08 bits per heavy atom. The van der Waals surface area contributed by atoms with E-state index >= 15 is 0 Å². The van der Waals surface area contributed by atoms with E-state index < -0.39 is 0 Å². The minimum Gasteiger partial charge on any atom is -0.394 e. The maximum Gasteiger partial charge on any atom is 0.0671 e. The highest BCUT2D eigenvalue weighted by atomic mass is 35.5. The molecular formula is C8H16ClNO2. The molecule has 2 atom stereocenters.